The van der Waals surface area contributed by atoms with E-state index in [0.717, 1.165) is 28.0 Å². The molecule has 0 bridgehead atoms. The molecule has 4 rings (SSSR count). The second kappa shape index (κ2) is 8.21. The number of esters is 1. The van der Waals surface area contributed by atoms with E-state index in [-0.39, 0.29) is 5.78 Å². The fourth-order valence-electron chi connectivity index (χ4n) is 3.37. The van der Waals surface area contributed by atoms with Crippen molar-refractivity contribution >= 4 is 29.0 Å². The van der Waals surface area contributed by atoms with Gasteiger partial charge in [-0.3, -0.25) is 4.79 Å². The van der Waals surface area contributed by atoms with Gasteiger partial charge >= 0.3 is 5.97 Å². The van der Waals surface area contributed by atoms with Crippen LogP contribution in [0.1, 0.15) is 34.0 Å². The number of hydrogen-bond acceptors (Lipinski definition) is 4. The van der Waals surface area contributed by atoms with Gasteiger partial charge in [0.25, 0.3) is 0 Å². The van der Waals surface area contributed by atoms with Crippen molar-refractivity contribution in [2.24, 2.45) is 0 Å². The number of carbonyl (C=O) groups is 2. The topological polar surface area (TPSA) is 52.6 Å². The normalized spacial score (nSPS) is 13.5. The van der Waals surface area contributed by atoms with E-state index in [9.17, 15) is 9.59 Å². The van der Waals surface area contributed by atoms with Gasteiger partial charge in [0, 0.05) is 5.56 Å². The molecule has 0 atom stereocenters. The molecule has 0 aliphatic heterocycles. The Kier molecular flexibility index (Phi) is 5.31. The van der Waals surface area contributed by atoms with Gasteiger partial charge in [-0.05, 0) is 77.7 Å². The molecule has 1 aliphatic carbocycles. The average Bonchev–Trinajstić information content (AvgIpc) is 3.13. The third-order valence-corrected chi connectivity index (χ3v) is 4.96. The van der Waals surface area contributed by atoms with E-state index in [1.807, 2.05) is 60.7 Å². The average molecular weight is 396 g/mol. The van der Waals surface area contributed by atoms with Crippen molar-refractivity contribution in [3.63, 3.8) is 0 Å². The van der Waals surface area contributed by atoms with Crippen LogP contribution in [-0.2, 0) is 4.79 Å². The molecule has 4 nitrogen and oxygen atoms in total. The summed E-state index contributed by atoms with van der Waals surface area (Å²) in [5.41, 5.74) is 4.83. The third-order valence-electron chi connectivity index (χ3n) is 4.96. The SMILES string of the molecule is COc1ccc(/C=C2\C=C(C(=O)Oc3ccc(C(C)=O)cc3)c3ccccc32)cc1. The monoisotopic (exact) mass is 396 g/mol. The van der Waals surface area contributed by atoms with Crippen LogP contribution in [0.3, 0.4) is 0 Å². The van der Waals surface area contributed by atoms with Crippen LogP contribution in [0.5, 0.6) is 11.5 Å². The van der Waals surface area contributed by atoms with Gasteiger partial charge in [0.1, 0.15) is 11.5 Å². The molecule has 0 saturated carbocycles. The molecule has 1 aliphatic rings. The molecule has 0 radical (unpaired) electrons. The number of fused-ring (bicyclic) bond motifs is 1. The molecule has 148 valence electrons. The van der Waals surface area contributed by atoms with E-state index in [4.69, 9.17) is 9.47 Å². The lowest BCUT2D eigenvalue weighted by molar-refractivity contribution is -0.127. The Balaban J connectivity index is 1.63. The van der Waals surface area contributed by atoms with E-state index in [1.165, 1.54) is 6.92 Å². The number of Topliss-reactive ketones (excluding diaryl/α,β-unsaturated/α-hetero) is 1. The first-order valence-corrected chi connectivity index (χ1v) is 9.55. The standard InChI is InChI=1S/C26H20O4/c1-17(27)19-9-13-22(14-10-19)30-26(28)25-16-20(23-5-3-4-6-24(23)25)15-18-7-11-21(29-2)12-8-18/h3-16H,1-2H3/b20-15+. The van der Waals surface area contributed by atoms with Crippen molar-refractivity contribution in [1.29, 1.82) is 0 Å². The second-order valence-corrected chi connectivity index (χ2v) is 6.95. The van der Waals surface area contributed by atoms with Crippen LogP contribution >= 0.6 is 0 Å². The van der Waals surface area contributed by atoms with Gasteiger partial charge < -0.3 is 9.47 Å². The molecule has 0 N–H and O–H groups in total. The highest BCUT2D eigenvalue weighted by Crippen LogP contribution is 2.37. The highest BCUT2D eigenvalue weighted by molar-refractivity contribution is 6.24. The molecule has 30 heavy (non-hydrogen) atoms. The van der Waals surface area contributed by atoms with Crippen LogP contribution < -0.4 is 9.47 Å². The first kappa shape index (κ1) is 19.4. The summed E-state index contributed by atoms with van der Waals surface area (Å²) in [5.74, 6) is 0.723. The summed E-state index contributed by atoms with van der Waals surface area (Å²) in [6.07, 6.45) is 3.88. The summed E-state index contributed by atoms with van der Waals surface area (Å²) < 4.78 is 10.8. The minimum atomic E-state index is -0.434. The number of allylic oxidation sites excluding steroid dienone is 2. The summed E-state index contributed by atoms with van der Waals surface area (Å²) in [7, 11) is 1.63. The molecule has 0 unspecified atom stereocenters. The summed E-state index contributed by atoms with van der Waals surface area (Å²) in [5, 5.41) is 0. The second-order valence-electron chi connectivity index (χ2n) is 6.95. The first-order valence-electron chi connectivity index (χ1n) is 9.55. The lowest BCUT2D eigenvalue weighted by Gasteiger charge is -2.07. The maximum atomic E-state index is 12.9. The molecule has 0 aromatic heterocycles. The lowest BCUT2D eigenvalue weighted by Crippen LogP contribution is -2.09. The van der Waals surface area contributed by atoms with E-state index in [0.29, 0.717) is 16.9 Å². The molecule has 0 amide bonds. The predicted molar refractivity (Wildman–Crippen MR) is 117 cm³/mol. The molecule has 3 aromatic carbocycles. The van der Waals surface area contributed by atoms with Crippen molar-refractivity contribution in [3.8, 4) is 11.5 Å². The van der Waals surface area contributed by atoms with Crippen LogP contribution in [0.25, 0.3) is 17.2 Å². The van der Waals surface area contributed by atoms with Crippen LogP contribution in [0.2, 0.25) is 0 Å². The van der Waals surface area contributed by atoms with Gasteiger partial charge in [0.2, 0.25) is 0 Å². The van der Waals surface area contributed by atoms with Gasteiger partial charge in [0.05, 0.1) is 12.7 Å². The largest absolute Gasteiger partial charge is 0.497 e. The number of benzene rings is 3. The molecule has 0 saturated heterocycles. The van der Waals surface area contributed by atoms with Crippen molar-refractivity contribution in [2.75, 3.05) is 7.11 Å². The number of ether oxygens (including phenoxy) is 2. The van der Waals surface area contributed by atoms with Crippen molar-refractivity contribution in [2.45, 2.75) is 6.92 Å². The van der Waals surface area contributed by atoms with Crippen LogP contribution in [0.15, 0.2) is 78.9 Å². The van der Waals surface area contributed by atoms with E-state index in [1.54, 1.807) is 31.4 Å². The van der Waals surface area contributed by atoms with E-state index < -0.39 is 5.97 Å². The Bertz CT molecular complexity index is 1170. The Morgan fingerprint density at radius 1 is 0.800 bits per heavy atom. The first-order chi connectivity index (χ1) is 14.5. The summed E-state index contributed by atoms with van der Waals surface area (Å²) >= 11 is 0. The highest BCUT2D eigenvalue weighted by atomic mass is 16.5. The lowest BCUT2D eigenvalue weighted by atomic mass is 10.0. The van der Waals surface area contributed by atoms with E-state index in [2.05, 4.69) is 0 Å². The van der Waals surface area contributed by atoms with Gasteiger partial charge in [-0.25, -0.2) is 4.79 Å². The Labute approximate surface area is 175 Å². The minimum Gasteiger partial charge on any atom is -0.497 e. The highest BCUT2D eigenvalue weighted by Gasteiger charge is 2.24. The number of carbonyl (C=O) groups excluding carboxylic acids is 2. The van der Waals surface area contributed by atoms with Crippen molar-refractivity contribution < 1.29 is 19.1 Å². The Hall–Kier alpha value is -3.92. The minimum absolute atomic E-state index is 0.0337. The Morgan fingerprint density at radius 2 is 1.43 bits per heavy atom. The molecule has 0 heterocycles. The molecular weight excluding hydrogens is 376 g/mol. The number of methoxy groups -OCH3 is 1. The van der Waals surface area contributed by atoms with Gasteiger partial charge in [0.15, 0.2) is 5.78 Å². The molecule has 3 aromatic rings. The zero-order valence-electron chi connectivity index (χ0n) is 16.7. The zero-order chi connectivity index (χ0) is 21.1. The quantitative estimate of drug-likeness (QED) is 0.327. The van der Waals surface area contributed by atoms with Crippen LogP contribution in [0, 0.1) is 0 Å². The molecular formula is C26H20O4. The molecule has 0 spiro atoms. The van der Waals surface area contributed by atoms with Gasteiger partial charge in [-0.1, -0.05) is 36.4 Å². The maximum absolute atomic E-state index is 12.9. The summed E-state index contributed by atoms with van der Waals surface area (Å²) in [6, 6.07) is 22.0. The summed E-state index contributed by atoms with van der Waals surface area (Å²) in [6.45, 7) is 1.50. The fraction of sp³-hybridized carbons (Fsp3) is 0.0769. The maximum Gasteiger partial charge on any atom is 0.344 e. The molecule has 0 fully saturated rings. The van der Waals surface area contributed by atoms with Crippen LogP contribution in [0.4, 0.5) is 0 Å². The number of hydrogen-bond donors (Lipinski definition) is 0. The number of rotatable bonds is 5. The van der Waals surface area contributed by atoms with Gasteiger partial charge in [-0.15, -0.1) is 0 Å². The summed E-state index contributed by atoms with van der Waals surface area (Å²) in [4.78, 5) is 24.3. The van der Waals surface area contributed by atoms with Crippen LogP contribution in [-0.4, -0.2) is 18.9 Å². The van der Waals surface area contributed by atoms with E-state index >= 15 is 0 Å². The Morgan fingerprint density at radius 3 is 2.07 bits per heavy atom. The predicted octanol–water partition coefficient (Wildman–Crippen LogP) is 5.44. The van der Waals surface area contributed by atoms with Crippen molar-refractivity contribution in [1.82, 2.24) is 0 Å². The zero-order valence-corrected chi connectivity index (χ0v) is 16.7. The smallest absolute Gasteiger partial charge is 0.344 e. The van der Waals surface area contributed by atoms with Gasteiger partial charge in [-0.2, -0.15) is 0 Å². The molecule has 4 heteroatoms. The van der Waals surface area contributed by atoms with Crippen molar-refractivity contribution in [3.05, 3.63) is 101 Å². The number of ketones is 1. The fourth-order valence-corrected chi connectivity index (χ4v) is 3.37. The third kappa shape index (κ3) is 3.94.